The molecule has 0 spiro atoms. The smallest absolute Gasteiger partial charge is 0.263 e. The second-order valence-corrected chi connectivity index (χ2v) is 11.6. The minimum absolute atomic E-state index is 0.0134. The van der Waals surface area contributed by atoms with E-state index in [2.05, 4.69) is 31.5 Å². The third-order valence-electron chi connectivity index (χ3n) is 6.01. The number of anilines is 2. The van der Waals surface area contributed by atoms with Gasteiger partial charge in [0, 0.05) is 37.3 Å². The number of piperidine rings is 1. The topological polar surface area (TPSA) is 104 Å². The normalized spacial score (nSPS) is 14.5. The lowest BCUT2D eigenvalue weighted by atomic mass is 10.1. The highest BCUT2D eigenvalue weighted by molar-refractivity contribution is 8.13. The van der Waals surface area contributed by atoms with Crippen molar-refractivity contribution in [1.29, 1.82) is 0 Å². The molecule has 0 radical (unpaired) electrons. The lowest BCUT2D eigenvalue weighted by molar-refractivity contribution is -0.109. The van der Waals surface area contributed by atoms with Crippen molar-refractivity contribution < 1.29 is 13.2 Å². The van der Waals surface area contributed by atoms with Gasteiger partial charge in [-0.15, -0.1) is 0 Å². The molecule has 2 N–H and O–H groups in total. The van der Waals surface area contributed by atoms with Crippen molar-refractivity contribution in [2.75, 3.05) is 42.0 Å². The van der Waals surface area contributed by atoms with Crippen LogP contribution in [0.3, 0.4) is 0 Å². The van der Waals surface area contributed by atoms with Gasteiger partial charge in [0.1, 0.15) is 11.6 Å². The van der Waals surface area contributed by atoms with E-state index in [0.29, 0.717) is 5.75 Å². The van der Waals surface area contributed by atoms with E-state index in [0.717, 1.165) is 54.0 Å². The highest BCUT2D eigenvalue weighted by atomic mass is 32.2. The van der Waals surface area contributed by atoms with Crippen molar-refractivity contribution in [3.63, 3.8) is 0 Å². The maximum Gasteiger partial charge on any atom is 0.263 e. The number of nitrogens with one attached hydrogen (secondary N) is 2. The van der Waals surface area contributed by atoms with Gasteiger partial charge in [-0.05, 0) is 79.5 Å². The summed E-state index contributed by atoms with van der Waals surface area (Å²) in [5.41, 5.74) is 2.23. The van der Waals surface area contributed by atoms with E-state index >= 15 is 0 Å². The Hall–Kier alpha value is -2.95. The number of nitrogens with zero attached hydrogens (tertiary/aromatic N) is 3. The van der Waals surface area contributed by atoms with Gasteiger partial charge in [0.2, 0.25) is 0 Å². The molecule has 3 aromatic rings. The van der Waals surface area contributed by atoms with Gasteiger partial charge in [-0.25, -0.2) is 18.4 Å². The minimum atomic E-state index is -3.83. The number of likely N-dealkylation sites (tertiary alicyclic amines) is 1. The molecule has 0 aliphatic carbocycles. The zero-order valence-electron chi connectivity index (χ0n) is 20.4. The summed E-state index contributed by atoms with van der Waals surface area (Å²) in [6, 6.07) is 11.9. The fourth-order valence-corrected chi connectivity index (χ4v) is 5.61. The summed E-state index contributed by atoms with van der Waals surface area (Å²) in [6.07, 6.45) is 5.41. The molecule has 10 heteroatoms. The Labute approximate surface area is 216 Å². The quantitative estimate of drug-likeness (QED) is 0.395. The molecule has 0 saturated carbocycles. The van der Waals surface area contributed by atoms with E-state index in [1.807, 2.05) is 12.1 Å². The van der Waals surface area contributed by atoms with E-state index in [1.165, 1.54) is 37.9 Å². The maximum atomic E-state index is 13.0. The van der Waals surface area contributed by atoms with Gasteiger partial charge in [-0.2, -0.15) is 0 Å². The van der Waals surface area contributed by atoms with Crippen LogP contribution >= 0.6 is 11.8 Å². The Balaban J connectivity index is 1.38. The van der Waals surface area contributed by atoms with Crippen LogP contribution in [0.25, 0.3) is 16.5 Å². The molecule has 1 saturated heterocycles. The van der Waals surface area contributed by atoms with E-state index in [1.54, 1.807) is 36.5 Å². The largest absolute Gasteiger partial charge is 0.369 e. The summed E-state index contributed by atoms with van der Waals surface area (Å²) < 4.78 is 28.4. The summed E-state index contributed by atoms with van der Waals surface area (Å²) in [4.78, 5) is 22.6. The van der Waals surface area contributed by atoms with Crippen LogP contribution in [0, 0.1) is 0 Å². The molecule has 0 bridgehead atoms. The first kappa shape index (κ1) is 26.1. The van der Waals surface area contributed by atoms with Gasteiger partial charge in [0.15, 0.2) is 5.12 Å². The fourth-order valence-electron chi connectivity index (χ4n) is 4.03. The molecule has 1 aliphatic heterocycles. The number of hydrogen-bond donors (Lipinski definition) is 2. The van der Waals surface area contributed by atoms with Crippen molar-refractivity contribution in [2.45, 2.75) is 31.1 Å². The van der Waals surface area contributed by atoms with E-state index in [9.17, 15) is 13.2 Å². The molecule has 2 aromatic heterocycles. The van der Waals surface area contributed by atoms with Crippen molar-refractivity contribution >= 4 is 55.0 Å². The van der Waals surface area contributed by atoms with E-state index in [-0.39, 0.29) is 15.8 Å². The van der Waals surface area contributed by atoms with Gasteiger partial charge >= 0.3 is 0 Å². The van der Waals surface area contributed by atoms with Crippen LogP contribution in [0.2, 0.25) is 0 Å². The molecule has 190 valence electrons. The average molecular weight is 526 g/mol. The molecule has 1 aromatic carbocycles. The number of aromatic nitrogens is 2. The van der Waals surface area contributed by atoms with Crippen LogP contribution in [0.4, 0.5) is 11.6 Å². The minimum Gasteiger partial charge on any atom is -0.369 e. The van der Waals surface area contributed by atoms with Crippen LogP contribution in [-0.2, 0) is 14.8 Å². The van der Waals surface area contributed by atoms with Gasteiger partial charge in [0.25, 0.3) is 10.0 Å². The molecule has 36 heavy (non-hydrogen) atoms. The van der Waals surface area contributed by atoms with Gasteiger partial charge in [-0.3, -0.25) is 9.52 Å². The predicted octanol–water partition coefficient (Wildman–Crippen LogP) is 4.62. The average Bonchev–Trinajstić information content (AvgIpc) is 2.87. The highest BCUT2D eigenvalue weighted by Gasteiger charge is 2.16. The summed E-state index contributed by atoms with van der Waals surface area (Å²) >= 11 is 1.17. The van der Waals surface area contributed by atoms with Crippen LogP contribution in [0.15, 0.2) is 60.1 Å². The number of carbonyl (C=O) groups excluding carboxylic acids is 1. The Kier molecular flexibility index (Phi) is 8.60. The first-order chi connectivity index (χ1) is 17.3. The molecule has 3 heterocycles. The van der Waals surface area contributed by atoms with E-state index in [4.69, 9.17) is 0 Å². The predicted molar refractivity (Wildman–Crippen MR) is 148 cm³/mol. The van der Waals surface area contributed by atoms with Crippen LogP contribution in [0.5, 0.6) is 0 Å². The lowest BCUT2D eigenvalue weighted by Crippen LogP contribution is -2.33. The first-order valence-corrected chi connectivity index (χ1v) is 14.4. The Bertz CT molecular complexity index is 1340. The second-order valence-electron chi connectivity index (χ2n) is 8.80. The summed E-state index contributed by atoms with van der Waals surface area (Å²) in [5.74, 6) is 1.45. The molecule has 0 amide bonds. The summed E-state index contributed by atoms with van der Waals surface area (Å²) in [5, 5.41) is 4.12. The number of carbonyl (C=O) groups is 1. The number of thioether (sulfide) groups is 1. The molecule has 0 unspecified atom stereocenters. The molecule has 0 atom stereocenters. The van der Waals surface area contributed by atoms with Crippen LogP contribution in [-0.4, -0.2) is 60.3 Å². The number of benzene rings is 1. The second kappa shape index (κ2) is 11.9. The van der Waals surface area contributed by atoms with Crippen molar-refractivity contribution in [3.05, 3.63) is 60.8 Å². The zero-order valence-corrected chi connectivity index (χ0v) is 22.0. The summed E-state index contributed by atoms with van der Waals surface area (Å²) in [7, 11) is -3.83. The zero-order chi connectivity index (χ0) is 25.5. The van der Waals surface area contributed by atoms with Crippen molar-refractivity contribution in [2.24, 2.45) is 0 Å². The van der Waals surface area contributed by atoms with Crippen LogP contribution < -0.4 is 10.0 Å². The SMILES string of the molecule is C=C(CSC(C)=O)c1ccc(NS(=O)(=O)c2ccc3nc(NCCN4CCCCC4)ccc3c2)nc1. The molecule has 1 aliphatic rings. The fraction of sp³-hybridized carbons (Fsp3) is 0.346. The van der Waals surface area contributed by atoms with Crippen LogP contribution in [0.1, 0.15) is 31.7 Å². The monoisotopic (exact) mass is 525 g/mol. The Morgan fingerprint density at radius 1 is 1.08 bits per heavy atom. The van der Waals surface area contributed by atoms with Gasteiger partial charge in [-0.1, -0.05) is 24.8 Å². The third kappa shape index (κ3) is 7.05. The standard InChI is InChI=1S/C26H31N5O3S2/c1-19(18-35-20(2)32)22-7-11-26(28-17-22)30-36(33,34)23-8-9-24-21(16-23)6-10-25(29-24)27-12-15-31-13-4-3-5-14-31/h6-11,16-17H,1,3-5,12-15,18H2,2H3,(H,27,29)(H,28,30). The Morgan fingerprint density at radius 2 is 1.86 bits per heavy atom. The number of hydrogen-bond acceptors (Lipinski definition) is 8. The molecular weight excluding hydrogens is 494 g/mol. The highest BCUT2D eigenvalue weighted by Crippen LogP contribution is 2.23. The molecular formula is C26H31N5O3S2. The summed E-state index contributed by atoms with van der Waals surface area (Å²) in [6.45, 7) is 9.59. The number of sulfonamides is 1. The third-order valence-corrected chi connectivity index (χ3v) is 8.27. The number of pyridine rings is 2. The van der Waals surface area contributed by atoms with E-state index < -0.39 is 10.0 Å². The van der Waals surface area contributed by atoms with Gasteiger partial charge in [0.05, 0.1) is 10.4 Å². The maximum absolute atomic E-state index is 13.0. The van der Waals surface area contributed by atoms with Gasteiger partial charge < -0.3 is 10.2 Å². The Morgan fingerprint density at radius 3 is 2.58 bits per heavy atom. The number of rotatable bonds is 10. The number of fused-ring (bicyclic) bond motifs is 1. The molecule has 4 rings (SSSR count). The van der Waals surface area contributed by atoms with Crippen molar-refractivity contribution in [1.82, 2.24) is 14.9 Å². The van der Waals surface area contributed by atoms with Crippen molar-refractivity contribution in [3.8, 4) is 0 Å². The first-order valence-electron chi connectivity index (χ1n) is 12.0. The molecule has 8 nitrogen and oxygen atoms in total. The lowest BCUT2D eigenvalue weighted by Gasteiger charge is -2.26. The molecule has 1 fully saturated rings.